The lowest BCUT2D eigenvalue weighted by molar-refractivity contribution is 0.102. The van der Waals surface area contributed by atoms with Crippen molar-refractivity contribution in [2.24, 2.45) is 0 Å². The first kappa shape index (κ1) is 13.7. The Morgan fingerprint density at radius 2 is 1.95 bits per heavy atom. The summed E-state index contributed by atoms with van der Waals surface area (Å²) in [6, 6.07) is 13.5. The number of carbonyl (C=O) groups excluding carboxylic acids is 1. The average Bonchev–Trinajstić information content (AvgIpc) is 2.97. The second-order valence-electron chi connectivity index (χ2n) is 5.22. The largest absolute Gasteiger partial charge is 0.492 e. The van der Waals surface area contributed by atoms with Crippen LogP contribution in [0.5, 0.6) is 5.75 Å². The highest BCUT2D eigenvalue weighted by Gasteiger charge is 2.15. The molecule has 3 nitrogen and oxygen atoms in total. The summed E-state index contributed by atoms with van der Waals surface area (Å²) in [6.45, 7) is 2.50. The molecule has 0 fully saturated rings. The number of nitrogens with one attached hydrogen (secondary N) is 1. The third-order valence-corrected chi connectivity index (χ3v) is 3.80. The molecule has 108 valence electrons. The van der Waals surface area contributed by atoms with E-state index >= 15 is 0 Å². The van der Waals surface area contributed by atoms with Gasteiger partial charge < -0.3 is 10.1 Å². The van der Waals surface area contributed by atoms with Crippen LogP contribution in [0.3, 0.4) is 0 Å². The molecular formula is C18H19NO2. The summed E-state index contributed by atoms with van der Waals surface area (Å²) in [6.07, 6.45) is 3.39. The molecule has 2 aromatic carbocycles. The van der Waals surface area contributed by atoms with Gasteiger partial charge in [-0.1, -0.05) is 18.2 Å². The number of rotatable bonds is 4. The van der Waals surface area contributed by atoms with Gasteiger partial charge in [0.25, 0.3) is 5.91 Å². The summed E-state index contributed by atoms with van der Waals surface area (Å²) in [5.41, 5.74) is 4.11. The van der Waals surface area contributed by atoms with E-state index in [2.05, 4.69) is 11.4 Å². The number of carbonyl (C=O) groups is 1. The number of hydrogen-bond donors (Lipinski definition) is 1. The first-order valence-electron chi connectivity index (χ1n) is 7.43. The molecule has 0 unspecified atom stereocenters. The molecule has 0 radical (unpaired) electrons. The highest BCUT2D eigenvalue weighted by molar-refractivity contribution is 6.05. The highest BCUT2D eigenvalue weighted by atomic mass is 16.5. The van der Waals surface area contributed by atoms with Crippen molar-refractivity contribution in [3.63, 3.8) is 0 Å². The Bertz CT molecular complexity index is 664. The van der Waals surface area contributed by atoms with E-state index in [9.17, 15) is 4.79 Å². The summed E-state index contributed by atoms with van der Waals surface area (Å²) in [5.74, 6) is 0.617. The molecule has 1 aliphatic carbocycles. The number of amides is 1. The van der Waals surface area contributed by atoms with Crippen LogP contribution in [-0.4, -0.2) is 12.5 Å². The zero-order chi connectivity index (χ0) is 14.7. The zero-order valence-corrected chi connectivity index (χ0v) is 12.2. The van der Waals surface area contributed by atoms with Crippen LogP contribution in [-0.2, 0) is 12.8 Å². The molecule has 0 aliphatic heterocycles. The lowest BCUT2D eigenvalue weighted by atomic mass is 10.1. The third kappa shape index (κ3) is 2.92. The lowest BCUT2D eigenvalue weighted by Crippen LogP contribution is -2.13. The Kier molecular flexibility index (Phi) is 3.91. The second-order valence-corrected chi connectivity index (χ2v) is 5.22. The highest BCUT2D eigenvalue weighted by Crippen LogP contribution is 2.26. The van der Waals surface area contributed by atoms with E-state index in [1.165, 1.54) is 17.5 Å². The minimum atomic E-state index is -0.0862. The van der Waals surface area contributed by atoms with Crippen LogP contribution < -0.4 is 10.1 Å². The fourth-order valence-corrected chi connectivity index (χ4v) is 2.76. The van der Waals surface area contributed by atoms with Gasteiger partial charge in [-0.15, -0.1) is 0 Å². The van der Waals surface area contributed by atoms with Crippen molar-refractivity contribution >= 4 is 11.6 Å². The standard InChI is InChI=1S/C18H19NO2/c1-2-21-17-9-4-3-8-16(17)19-18(20)15-11-10-13-6-5-7-14(13)12-15/h3-4,8-12H,2,5-7H2,1H3,(H,19,20). The van der Waals surface area contributed by atoms with Gasteiger partial charge in [0.15, 0.2) is 0 Å². The van der Waals surface area contributed by atoms with Crippen molar-refractivity contribution in [2.45, 2.75) is 26.2 Å². The summed E-state index contributed by atoms with van der Waals surface area (Å²) >= 11 is 0. The van der Waals surface area contributed by atoms with Crippen molar-refractivity contribution in [1.82, 2.24) is 0 Å². The molecule has 0 heterocycles. The van der Waals surface area contributed by atoms with Crippen LogP contribution in [0.2, 0.25) is 0 Å². The summed E-state index contributed by atoms with van der Waals surface area (Å²) < 4.78 is 5.53. The maximum Gasteiger partial charge on any atom is 0.255 e. The molecule has 0 saturated carbocycles. The van der Waals surface area contributed by atoms with Gasteiger partial charge in [0.05, 0.1) is 12.3 Å². The Hall–Kier alpha value is -2.29. The molecule has 0 aromatic heterocycles. The van der Waals surface area contributed by atoms with E-state index in [1.54, 1.807) is 0 Å². The Morgan fingerprint density at radius 1 is 1.14 bits per heavy atom. The molecule has 0 atom stereocenters. The van der Waals surface area contributed by atoms with Gasteiger partial charge in [-0.3, -0.25) is 4.79 Å². The normalized spacial score (nSPS) is 12.8. The summed E-state index contributed by atoms with van der Waals surface area (Å²) in [4.78, 5) is 12.4. The first-order chi connectivity index (χ1) is 10.3. The molecule has 0 bridgehead atoms. The van der Waals surface area contributed by atoms with Crippen molar-refractivity contribution in [1.29, 1.82) is 0 Å². The number of benzene rings is 2. The Labute approximate surface area is 124 Å². The molecule has 1 N–H and O–H groups in total. The maximum atomic E-state index is 12.4. The van der Waals surface area contributed by atoms with Crippen LogP contribution >= 0.6 is 0 Å². The predicted octanol–water partition coefficient (Wildman–Crippen LogP) is 3.83. The molecule has 21 heavy (non-hydrogen) atoms. The van der Waals surface area contributed by atoms with Gasteiger partial charge in [-0.05, 0) is 61.6 Å². The van der Waals surface area contributed by atoms with Gasteiger partial charge in [-0.25, -0.2) is 0 Å². The number of fused-ring (bicyclic) bond motifs is 1. The van der Waals surface area contributed by atoms with Crippen LogP contribution in [0, 0.1) is 0 Å². The monoisotopic (exact) mass is 281 g/mol. The zero-order valence-electron chi connectivity index (χ0n) is 12.2. The fourth-order valence-electron chi connectivity index (χ4n) is 2.76. The summed E-state index contributed by atoms with van der Waals surface area (Å²) in [7, 11) is 0. The van der Waals surface area contributed by atoms with Gasteiger partial charge in [0.1, 0.15) is 5.75 Å². The van der Waals surface area contributed by atoms with E-state index < -0.39 is 0 Å². The van der Waals surface area contributed by atoms with Crippen LogP contribution in [0.1, 0.15) is 34.8 Å². The van der Waals surface area contributed by atoms with E-state index in [1.807, 2.05) is 43.3 Å². The molecule has 1 amide bonds. The van der Waals surface area contributed by atoms with Crippen molar-refractivity contribution in [2.75, 3.05) is 11.9 Å². The summed E-state index contributed by atoms with van der Waals surface area (Å²) in [5, 5.41) is 2.94. The van der Waals surface area contributed by atoms with Gasteiger partial charge in [0, 0.05) is 5.56 Å². The molecule has 0 saturated heterocycles. The molecule has 3 rings (SSSR count). The lowest BCUT2D eigenvalue weighted by Gasteiger charge is -2.11. The van der Waals surface area contributed by atoms with Crippen molar-refractivity contribution < 1.29 is 9.53 Å². The van der Waals surface area contributed by atoms with Crippen molar-refractivity contribution in [3.8, 4) is 5.75 Å². The van der Waals surface area contributed by atoms with Crippen LogP contribution in [0.15, 0.2) is 42.5 Å². The van der Waals surface area contributed by atoms with Gasteiger partial charge in [0.2, 0.25) is 0 Å². The quantitative estimate of drug-likeness (QED) is 0.925. The third-order valence-electron chi connectivity index (χ3n) is 3.80. The Morgan fingerprint density at radius 3 is 2.81 bits per heavy atom. The van der Waals surface area contributed by atoms with Crippen LogP contribution in [0.25, 0.3) is 0 Å². The van der Waals surface area contributed by atoms with Crippen molar-refractivity contribution in [3.05, 3.63) is 59.2 Å². The first-order valence-corrected chi connectivity index (χ1v) is 7.43. The topological polar surface area (TPSA) is 38.3 Å². The van der Waals surface area contributed by atoms with Crippen LogP contribution in [0.4, 0.5) is 5.69 Å². The number of para-hydroxylation sites is 2. The van der Waals surface area contributed by atoms with E-state index in [0.29, 0.717) is 23.6 Å². The predicted molar refractivity (Wildman–Crippen MR) is 84.0 cm³/mol. The number of anilines is 1. The molecule has 1 aliphatic rings. The van der Waals surface area contributed by atoms with E-state index in [-0.39, 0.29) is 5.91 Å². The van der Waals surface area contributed by atoms with Gasteiger partial charge >= 0.3 is 0 Å². The van der Waals surface area contributed by atoms with E-state index in [4.69, 9.17) is 4.74 Å². The molecular weight excluding hydrogens is 262 g/mol. The SMILES string of the molecule is CCOc1ccccc1NC(=O)c1ccc2c(c1)CCC2. The Balaban J connectivity index is 1.80. The number of ether oxygens (including phenoxy) is 1. The molecule has 0 spiro atoms. The van der Waals surface area contributed by atoms with E-state index in [0.717, 1.165) is 12.8 Å². The van der Waals surface area contributed by atoms with Gasteiger partial charge in [-0.2, -0.15) is 0 Å². The smallest absolute Gasteiger partial charge is 0.255 e. The number of hydrogen-bond acceptors (Lipinski definition) is 2. The minimum Gasteiger partial charge on any atom is -0.492 e. The maximum absolute atomic E-state index is 12.4. The fraction of sp³-hybridized carbons (Fsp3) is 0.278. The minimum absolute atomic E-state index is 0.0862. The molecule has 2 aromatic rings. The average molecular weight is 281 g/mol. The number of aryl methyl sites for hydroxylation is 2. The molecule has 3 heteroatoms. The second kappa shape index (κ2) is 6.00.